The van der Waals surface area contributed by atoms with E-state index < -0.39 is 6.04 Å². The third kappa shape index (κ3) is 2.23. The summed E-state index contributed by atoms with van der Waals surface area (Å²) in [6.45, 7) is 7.46. The average Bonchev–Trinajstić information content (AvgIpc) is 2.54. The molecule has 16 heavy (non-hydrogen) atoms. The number of hydrogen-bond donors (Lipinski definition) is 1. The molecule has 4 heteroatoms. The van der Waals surface area contributed by atoms with Gasteiger partial charge in [0.25, 0.3) is 0 Å². The molecule has 0 radical (unpaired) electrons. The van der Waals surface area contributed by atoms with Gasteiger partial charge in [0.05, 0.1) is 18.2 Å². The second-order valence-electron chi connectivity index (χ2n) is 6.04. The Hall–Kier alpha value is -0.610. The molecule has 2 rings (SSSR count). The molecule has 92 valence electrons. The van der Waals surface area contributed by atoms with Crippen molar-refractivity contribution in [2.24, 2.45) is 11.1 Å². The van der Waals surface area contributed by atoms with Crippen molar-refractivity contribution in [3.63, 3.8) is 0 Å². The lowest BCUT2D eigenvalue weighted by atomic mass is 9.86. The van der Waals surface area contributed by atoms with E-state index in [9.17, 15) is 4.79 Å². The third-order valence-corrected chi connectivity index (χ3v) is 3.55. The predicted molar refractivity (Wildman–Crippen MR) is 61.9 cm³/mol. The van der Waals surface area contributed by atoms with Gasteiger partial charge in [-0.2, -0.15) is 0 Å². The highest BCUT2D eigenvalue weighted by molar-refractivity contribution is 5.82. The molecule has 2 saturated heterocycles. The van der Waals surface area contributed by atoms with E-state index >= 15 is 0 Å². The summed E-state index contributed by atoms with van der Waals surface area (Å²) in [7, 11) is 0. The first-order valence-electron chi connectivity index (χ1n) is 6.08. The van der Waals surface area contributed by atoms with Crippen LogP contribution in [0.25, 0.3) is 0 Å². The number of likely N-dealkylation sites (tertiary alicyclic amines) is 1. The summed E-state index contributed by atoms with van der Waals surface area (Å²) >= 11 is 0. The summed E-state index contributed by atoms with van der Waals surface area (Å²) in [4.78, 5) is 14.1. The molecule has 0 saturated carbocycles. The number of morpholine rings is 1. The Labute approximate surface area is 97.1 Å². The molecular formula is C12H22N2O2. The molecule has 4 nitrogen and oxygen atoms in total. The highest BCUT2D eigenvalue weighted by Crippen LogP contribution is 2.28. The molecule has 0 aromatic carbocycles. The number of fused-ring (bicyclic) bond motifs is 2. The van der Waals surface area contributed by atoms with Crippen LogP contribution in [0.4, 0.5) is 0 Å². The smallest absolute Gasteiger partial charge is 0.240 e. The quantitative estimate of drug-likeness (QED) is 0.718. The normalized spacial score (nSPS) is 31.6. The zero-order chi connectivity index (χ0) is 11.9. The summed E-state index contributed by atoms with van der Waals surface area (Å²) < 4.78 is 5.71. The SMILES string of the molecule is CC(C)(C)[C@H](N)C(=O)N1CC2CCC(C1)O2. The summed E-state index contributed by atoms with van der Waals surface area (Å²) in [5, 5.41) is 0. The summed E-state index contributed by atoms with van der Waals surface area (Å²) in [5.74, 6) is 0.0766. The van der Waals surface area contributed by atoms with E-state index in [1.54, 1.807) is 0 Å². The second kappa shape index (κ2) is 4.00. The lowest BCUT2D eigenvalue weighted by molar-refractivity contribution is -0.143. The number of ether oxygens (including phenoxy) is 1. The van der Waals surface area contributed by atoms with Crippen molar-refractivity contribution in [2.75, 3.05) is 13.1 Å². The zero-order valence-electron chi connectivity index (χ0n) is 10.4. The van der Waals surface area contributed by atoms with Crippen molar-refractivity contribution in [3.05, 3.63) is 0 Å². The number of nitrogens with two attached hydrogens (primary N) is 1. The Morgan fingerprint density at radius 2 is 1.81 bits per heavy atom. The molecule has 2 aliphatic rings. The van der Waals surface area contributed by atoms with Crippen LogP contribution < -0.4 is 5.73 Å². The van der Waals surface area contributed by atoms with Crippen LogP contribution in [-0.4, -0.2) is 42.1 Å². The van der Waals surface area contributed by atoms with Crippen LogP contribution in [0.3, 0.4) is 0 Å². The van der Waals surface area contributed by atoms with Crippen LogP contribution in [0.2, 0.25) is 0 Å². The molecule has 3 atom stereocenters. The van der Waals surface area contributed by atoms with Gasteiger partial charge >= 0.3 is 0 Å². The summed E-state index contributed by atoms with van der Waals surface area (Å²) in [5.41, 5.74) is 5.83. The van der Waals surface area contributed by atoms with Crippen molar-refractivity contribution in [3.8, 4) is 0 Å². The van der Waals surface area contributed by atoms with Crippen molar-refractivity contribution in [1.29, 1.82) is 0 Å². The van der Waals surface area contributed by atoms with E-state index in [1.807, 2.05) is 25.7 Å². The van der Waals surface area contributed by atoms with E-state index in [0.717, 1.165) is 25.9 Å². The van der Waals surface area contributed by atoms with E-state index in [2.05, 4.69) is 0 Å². The molecule has 2 bridgehead atoms. The minimum absolute atomic E-state index is 0.0766. The number of amides is 1. The number of hydrogen-bond acceptors (Lipinski definition) is 3. The molecule has 2 N–H and O–H groups in total. The lowest BCUT2D eigenvalue weighted by Crippen LogP contribution is -2.55. The maximum absolute atomic E-state index is 12.2. The largest absolute Gasteiger partial charge is 0.371 e. The van der Waals surface area contributed by atoms with Gasteiger partial charge in [0, 0.05) is 13.1 Å². The number of carbonyl (C=O) groups is 1. The molecule has 2 unspecified atom stereocenters. The van der Waals surface area contributed by atoms with Crippen molar-refractivity contribution in [2.45, 2.75) is 51.9 Å². The van der Waals surface area contributed by atoms with Crippen molar-refractivity contribution >= 4 is 5.91 Å². The molecule has 0 aliphatic carbocycles. The minimum Gasteiger partial charge on any atom is -0.371 e. The molecule has 0 aromatic rings. The van der Waals surface area contributed by atoms with E-state index in [4.69, 9.17) is 10.5 Å². The first kappa shape index (κ1) is 11.9. The van der Waals surface area contributed by atoms with Crippen LogP contribution >= 0.6 is 0 Å². The zero-order valence-corrected chi connectivity index (χ0v) is 10.4. The fourth-order valence-electron chi connectivity index (χ4n) is 2.36. The predicted octanol–water partition coefficient (Wildman–Crippen LogP) is 0.750. The minimum atomic E-state index is -0.412. The van der Waals surface area contributed by atoms with Gasteiger partial charge in [-0.15, -0.1) is 0 Å². The molecule has 0 spiro atoms. The van der Waals surface area contributed by atoms with Crippen molar-refractivity contribution < 1.29 is 9.53 Å². The van der Waals surface area contributed by atoms with E-state index in [1.165, 1.54) is 0 Å². The second-order valence-corrected chi connectivity index (χ2v) is 6.04. The first-order valence-corrected chi connectivity index (χ1v) is 6.08. The highest BCUT2D eigenvalue weighted by atomic mass is 16.5. The summed E-state index contributed by atoms with van der Waals surface area (Å²) in [6.07, 6.45) is 2.66. The monoisotopic (exact) mass is 226 g/mol. The van der Waals surface area contributed by atoms with Gasteiger partial charge in [0.2, 0.25) is 5.91 Å². The Morgan fingerprint density at radius 1 is 1.31 bits per heavy atom. The molecule has 2 heterocycles. The number of rotatable bonds is 1. The van der Waals surface area contributed by atoms with Crippen LogP contribution in [0.5, 0.6) is 0 Å². The fraction of sp³-hybridized carbons (Fsp3) is 0.917. The van der Waals surface area contributed by atoms with E-state index in [0.29, 0.717) is 0 Å². The van der Waals surface area contributed by atoms with Gasteiger partial charge in [0.15, 0.2) is 0 Å². The van der Waals surface area contributed by atoms with Crippen LogP contribution in [0.1, 0.15) is 33.6 Å². The number of nitrogens with zero attached hydrogens (tertiary/aromatic N) is 1. The number of carbonyl (C=O) groups excluding carboxylic acids is 1. The third-order valence-electron chi connectivity index (χ3n) is 3.55. The molecule has 0 aromatic heterocycles. The topological polar surface area (TPSA) is 55.6 Å². The van der Waals surface area contributed by atoms with Gasteiger partial charge in [0.1, 0.15) is 0 Å². The van der Waals surface area contributed by atoms with Crippen LogP contribution in [0.15, 0.2) is 0 Å². The van der Waals surface area contributed by atoms with Gasteiger partial charge in [-0.25, -0.2) is 0 Å². The van der Waals surface area contributed by atoms with Crippen molar-refractivity contribution in [1.82, 2.24) is 4.90 Å². The molecular weight excluding hydrogens is 204 g/mol. The standard InChI is InChI=1S/C12H22N2O2/c1-12(2,3)10(13)11(15)14-6-8-4-5-9(7-14)16-8/h8-10H,4-7,13H2,1-3H3/t8?,9?,10-/m1/s1. The maximum atomic E-state index is 12.2. The lowest BCUT2D eigenvalue weighted by Gasteiger charge is -2.36. The maximum Gasteiger partial charge on any atom is 0.240 e. The Balaban J connectivity index is 2.00. The van der Waals surface area contributed by atoms with E-state index in [-0.39, 0.29) is 23.5 Å². The first-order chi connectivity index (χ1) is 7.38. The Morgan fingerprint density at radius 3 is 2.25 bits per heavy atom. The average molecular weight is 226 g/mol. The van der Waals surface area contributed by atoms with Gasteiger partial charge in [-0.05, 0) is 18.3 Å². The van der Waals surface area contributed by atoms with Crippen LogP contribution in [-0.2, 0) is 9.53 Å². The highest BCUT2D eigenvalue weighted by Gasteiger charge is 2.39. The molecule has 2 aliphatic heterocycles. The summed E-state index contributed by atoms with van der Waals surface area (Å²) in [6, 6.07) is -0.412. The van der Waals surface area contributed by atoms with Gasteiger partial charge in [-0.3, -0.25) is 4.79 Å². The Kier molecular flexibility index (Phi) is 2.97. The van der Waals surface area contributed by atoms with Gasteiger partial charge < -0.3 is 15.4 Å². The van der Waals surface area contributed by atoms with Crippen LogP contribution in [0, 0.1) is 5.41 Å². The Bertz CT molecular complexity index is 273. The van der Waals surface area contributed by atoms with Gasteiger partial charge in [-0.1, -0.05) is 20.8 Å². The fourth-order valence-corrected chi connectivity index (χ4v) is 2.36. The molecule has 1 amide bonds. The molecule has 2 fully saturated rings.